The predicted molar refractivity (Wildman–Crippen MR) is 128 cm³/mol. The minimum absolute atomic E-state index is 0.123. The first-order valence-corrected chi connectivity index (χ1v) is 12.5. The molecule has 1 unspecified atom stereocenters. The van der Waals surface area contributed by atoms with Gasteiger partial charge in [-0.1, -0.05) is 31.4 Å². The van der Waals surface area contributed by atoms with Crippen molar-refractivity contribution in [1.29, 1.82) is 0 Å². The van der Waals surface area contributed by atoms with Crippen LogP contribution in [-0.2, 0) is 16.1 Å². The van der Waals surface area contributed by atoms with Gasteiger partial charge >= 0.3 is 0 Å². The molecule has 1 aliphatic carbocycles. The smallest absolute Gasteiger partial charge is 0.247 e. The standard InChI is InChI=1S/C24H31ClN2O4S/c1-3-31-20-12-11-17(14-21(20)30-2)23(24(29)26-18-8-5-4-6-9-18)27(22(28)15-25)16-19-10-7-13-32-19/h7,10-14,18,23H,3-6,8-9,15-16H2,1-2H3,(H,26,29). The van der Waals surface area contributed by atoms with Crippen molar-refractivity contribution in [2.45, 2.75) is 57.7 Å². The second-order valence-corrected chi connectivity index (χ2v) is 9.12. The molecule has 0 aliphatic heterocycles. The Morgan fingerprint density at radius 3 is 2.62 bits per heavy atom. The first kappa shape index (κ1) is 24.4. The van der Waals surface area contributed by atoms with Crippen molar-refractivity contribution in [3.8, 4) is 11.5 Å². The van der Waals surface area contributed by atoms with Gasteiger partial charge in [0, 0.05) is 10.9 Å². The van der Waals surface area contributed by atoms with Gasteiger partial charge in [0.1, 0.15) is 11.9 Å². The number of hydrogen-bond acceptors (Lipinski definition) is 5. The largest absolute Gasteiger partial charge is 0.493 e. The van der Waals surface area contributed by atoms with Crippen LogP contribution in [0.2, 0.25) is 0 Å². The van der Waals surface area contributed by atoms with E-state index in [1.807, 2.05) is 30.5 Å². The van der Waals surface area contributed by atoms with Crippen LogP contribution in [-0.4, -0.2) is 42.4 Å². The summed E-state index contributed by atoms with van der Waals surface area (Å²) >= 11 is 7.52. The van der Waals surface area contributed by atoms with Gasteiger partial charge in [-0.05, 0) is 48.9 Å². The van der Waals surface area contributed by atoms with Crippen LogP contribution in [0.4, 0.5) is 0 Å². The Kier molecular flexibility index (Phi) is 9.23. The average molecular weight is 479 g/mol. The molecule has 1 N–H and O–H groups in total. The lowest BCUT2D eigenvalue weighted by atomic mass is 9.94. The van der Waals surface area contributed by atoms with Crippen molar-refractivity contribution in [2.75, 3.05) is 19.6 Å². The molecule has 32 heavy (non-hydrogen) atoms. The molecule has 0 saturated heterocycles. The van der Waals surface area contributed by atoms with Crippen LogP contribution in [0.25, 0.3) is 0 Å². The maximum Gasteiger partial charge on any atom is 0.247 e. The van der Waals surface area contributed by atoms with Gasteiger partial charge in [0.05, 0.1) is 20.3 Å². The fraction of sp³-hybridized carbons (Fsp3) is 0.500. The lowest BCUT2D eigenvalue weighted by Gasteiger charge is -2.33. The van der Waals surface area contributed by atoms with Gasteiger partial charge in [-0.15, -0.1) is 22.9 Å². The Morgan fingerprint density at radius 2 is 2.00 bits per heavy atom. The number of amides is 2. The number of thiophene rings is 1. The summed E-state index contributed by atoms with van der Waals surface area (Å²) in [6, 6.07) is 8.56. The van der Waals surface area contributed by atoms with Crippen LogP contribution < -0.4 is 14.8 Å². The fourth-order valence-electron chi connectivity index (χ4n) is 4.10. The van der Waals surface area contributed by atoms with Crippen molar-refractivity contribution in [3.05, 3.63) is 46.2 Å². The molecule has 2 amide bonds. The van der Waals surface area contributed by atoms with E-state index in [-0.39, 0.29) is 23.7 Å². The molecule has 1 heterocycles. The van der Waals surface area contributed by atoms with E-state index in [9.17, 15) is 9.59 Å². The SMILES string of the molecule is CCOc1ccc(C(C(=O)NC2CCCCC2)N(Cc2cccs2)C(=O)CCl)cc1OC. The van der Waals surface area contributed by atoms with E-state index in [0.717, 1.165) is 30.6 Å². The Labute approximate surface area is 198 Å². The van der Waals surface area contributed by atoms with Crippen molar-refractivity contribution in [1.82, 2.24) is 10.2 Å². The van der Waals surface area contributed by atoms with Gasteiger partial charge in [0.25, 0.3) is 0 Å². The van der Waals surface area contributed by atoms with Crippen LogP contribution in [0.5, 0.6) is 11.5 Å². The maximum atomic E-state index is 13.6. The second-order valence-electron chi connectivity index (χ2n) is 7.82. The molecule has 1 fully saturated rings. The van der Waals surface area contributed by atoms with E-state index in [4.69, 9.17) is 21.1 Å². The number of carbonyl (C=O) groups is 2. The quantitative estimate of drug-likeness (QED) is 0.492. The predicted octanol–water partition coefficient (Wildman–Crippen LogP) is 4.91. The molecule has 0 radical (unpaired) electrons. The molecule has 174 valence electrons. The van der Waals surface area contributed by atoms with E-state index in [1.54, 1.807) is 35.5 Å². The number of nitrogens with one attached hydrogen (secondary N) is 1. The number of rotatable bonds is 10. The molecule has 1 aliphatic rings. The number of methoxy groups -OCH3 is 1. The molecular formula is C24H31ClN2O4S. The van der Waals surface area contributed by atoms with Crippen LogP contribution in [0.3, 0.4) is 0 Å². The topological polar surface area (TPSA) is 67.9 Å². The van der Waals surface area contributed by atoms with Crippen LogP contribution in [0.1, 0.15) is 55.5 Å². The van der Waals surface area contributed by atoms with Crippen molar-refractivity contribution in [3.63, 3.8) is 0 Å². The number of benzene rings is 1. The van der Waals surface area contributed by atoms with Crippen LogP contribution >= 0.6 is 22.9 Å². The summed E-state index contributed by atoms with van der Waals surface area (Å²) in [5, 5.41) is 5.14. The van der Waals surface area contributed by atoms with E-state index >= 15 is 0 Å². The summed E-state index contributed by atoms with van der Waals surface area (Å²) in [7, 11) is 1.56. The Bertz CT molecular complexity index is 884. The van der Waals surface area contributed by atoms with Crippen molar-refractivity contribution >= 4 is 34.8 Å². The minimum atomic E-state index is -0.824. The zero-order chi connectivity index (χ0) is 22.9. The van der Waals surface area contributed by atoms with E-state index in [0.29, 0.717) is 30.2 Å². The average Bonchev–Trinajstić information content (AvgIpc) is 3.33. The number of ether oxygens (including phenoxy) is 2. The molecule has 2 aromatic rings. The van der Waals surface area contributed by atoms with Gasteiger partial charge in [-0.3, -0.25) is 9.59 Å². The summed E-state index contributed by atoms with van der Waals surface area (Å²) in [6.45, 7) is 2.70. The molecule has 3 rings (SSSR count). The highest BCUT2D eigenvalue weighted by atomic mass is 35.5. The van der Waals surface area contributed by atoms with Gasteiger partial charge in [0.15, 0.2) is 11.5 Å². The normalized spacial score (nSPS) is 15.1. The van der Waals surface area contributed by atoms with E-state index in [1.165, 1.54) is 6.42 Å². The third-order valence-corrected chi connectivity index (χ3v) is 6.75. The number of halogens is 1. The molecule has 0 spiro atoms. The van der Waals surface area contributed by atoms with Crippen molar-refractivity contribution in [2.24, 2.45) is 0 Å². The highest BCUT2D eigenvalue weighted by Crippen LogP contribution is 2.34. The maximum absolute atomic E-state index is 13.6. The summed E-state index contributed by atoms with van der Waals surface area (Å²) in [4.78, 5) is 29.1. The Balaban J connectivity index is 1.98. The third kappa shape index (κ3) is 6.17. The summed E-state index contributed by atoms with van der Waals surface area (Å²) < 4.78 is 11.1. The number of alkyl halides is 1. The molecular weight excluding hydrogens is 448 g/mol. The monoisotopic (exact) mass is 478 g/mol. The van der Waals surface area contributed by atoms with Crippen LogP contribution in [0.15, 0.2) is 35.7 Å². The molecule has 6 nitrogen and oxygen atoms in total. The van der Waals surface area contributed by atoms with E-state index < -0.39 is 6.04 Å². The van der Waals surface area contributed by atoms with Crippen molar-refractivity contribution < 1.29 is 19.1 Å². The summed E-state index contributed by atoms with van der Waals surface area (Å²) in [6.07, 6.45) is 5.32. The zero-order valence-corrected chi connectivity index (χ0v) is 20.2. The Hall–Kier alpha value is -2.25. The second kappa shape index (κ2) is 12.1. The van der Waals surface area contributed by atoms with Gasteiger partial charge in [-0.2, -0.15) is 0 Å². The molecule has 1 atom stereocenters. The molecule has 1 saturated carbocycles. The first-order chi connectivity index (χ1) is 15.6. The molecule has 8 heteroatoms. The first-order valence-electron chi connectivity index (χ1n) is 11.1. The summed E-state index contributed by atoms with van der Waals surface area (Å²) in [5.41, 5.74) is 0.661. The van der Waals surface area contributed by atoms with Crippen LogP contribution in [0, 0.1) is 0 Å². The van der Waals surface area contributed by atoms with Gasteiger partial charge < -0.3 is 19.7 Å². The van der Waals surface area contributed by atoms with E-state index in [2.05, 4.69) is 5.32 Å². The molecule has 0 bridgehead atoms. The minimum Gasteiger partial charge on any atom is -0.493 e. The third-order valence-electron chi connectivity index (χ3n) is 5.66. The molecule has 1 aromatic carbocycles. The fourth-order valence-corrected chi connectivity index (χ4v) is 4.96. The number of nitrogens with zero attached hydrogens (tertiary/aromatic N) is 1. The lowest BCUT2D eigenvalue weighted by Crippen LogP contribution is -2.47. The highest BCUT2D eigenvalue weighted by Gasteiger charge is 2.33. The van der Waals surface area contributed by atoms with Gasteiger partial charge in [-0.25, -0.2) is 0 Å². The highest BCUT2D eigenvalue weighted by molar-refractivity contribution is 7.09. The zero-order valence-electron chi connectivity index (χ0n) is 18.6. The number of hydrogen-bond donors (Lipinski definition) is 1. The molecule has 1 aromatic heterocycles. The lowest BCUT2D eigenvalue weighted by molar-refractivity contribution is -0.140. The Morgan fingerprint density at radius 1 is 1.22 bits per heavy atom. The summed E-state index contributed by atoms with van der Waals surface area (Å²) in [5.74, 6) is 0.426. The van der Waals surface area contributed by atoms with Gasteiger partial charge in [0.2, 0.25) is 11.8 Å². The number of carbonyl (C=O) groups excluding carboxylic acids is 2.